The molecule has 0 saturated carbocycles. The second-order valence-corrected chi connectivity index (χ2v) is 6.08. The van der Waals surface area contributed by atoms with E-state index in [1.54, 1.807) is 12.6 Å². The van der Waals surface area contributed by atoms with Gasteiger partial charge in [0.25, 0.3) is 5.78 Å². The fourth-order valence-electron chi connectivity index (χ4n) is 3.28. The van der Waals surface area contributed by atoms with E-state index in [4.69, 9.17) is 4.42 Å². The average molecular weight is 297 g/mol. The first-order valence-electron chi connectivity index (χ1n) is 7.70. The molecule has 1 fully saturated rings. The fourth-order valence-corrected chi connectivity index (χ4v) is 3.28. The summed E-state index contributed by atoms with van der Waals surface area (Å²) >= 11 is 0. The van der Waals surface area contributed by atoms with Crippen molar-refractivity contribution in [1.29, 1.82) is 0 Å². The SMILES string of the molecule is Cc1cc(N2CCC(C)CC2c2ccco2)n2ncnc2n1. The number of aromatic nitrogens is 4. The van der Waals surface area contributed by atoms with Gasteiger partial charge in [-0.1, -0.05) is 6.92 Å². The van der Waals surface area contributed by atoms with Crippen LogP contribution in [0.3, 0.4) is 0 Å². The molecule has 6 heteroatoms. The van der Waals surface area contributed by atoms with Gasteiger partial charge in [0.1, 0.15) is 17.9 Å². The van der Waals surface area contributed by atoms with E-state index in [9.17, 15) is 0 Å². The minimum Gasteiger partial charge on any atom is -0.467 e. The van der Waals surface area contributed by atoms with Crippen LogP contribution in [0.2, 0.25) is 0 Å². The molecule has 2 atom stereocenters. The number of hydrogen-bond acceptors (Lipinski definition) is 5. The molecule has 3 aromatic rings. The standard InChI is InChI=1S/C16H19N5O/c1-11-5-6-20(13(8-11)14-4-3-7-22-14)15-9-12(2)19-16-17-10-18-21(15)16/h3-4,7,9-11,13H,5-6,8H2,1-2H3. The summed E-state index contributed by atoms with van der Waals surface area (Å²) in [6.07, 6.45) is 5.54. The number of fused-ring (bicyclic) bond motifs is 1. The highest BCUT2D eigenvalue weighted by molar-refractivity contribution is 5.49. The summed E-state index contributed by atoms with van der Waals surface area (Å²) in [5.74, 6) is 3.37. The van der Waals surface area contributed by atoms with E-state index in [0.717, 1.165) is 36.7 Å². The normalized spacial score (nSPS) is 22.4. The lowest BCUT2D eigenvalue weighted by Crippen LogP contribution is -2.37. The molecule has 4 heterocycles. The maximum Gasteiger partial charge on any atom is 0.254 e. The number of furan rings is 1. The summed E-state index contributed by atoms with van der Waals surface area (Å²) in [5, 5.41) is 4.34. The Labute approximate surface area is 128 Å². The Morgan fingerprint density at radius 1 is 1.36 bits per heavy atom. The van der Waals surface area contributed by atoms with Crippen molar-refractivity contribution in [1.82, 2.24) is 19.6 Å². The highest BCUT2D eigenvalue weighted by atomic mass is 16.3. The van der Waals surface area contributed by atoms with Crippen LogP contribution in [-0.2, 0) is 0 Å². The lowest BCUT2D eigenvalue weighted by atomic mass is 9.91. The van der Waals surface area contributed by atoms with Crippen LogP contribution in [0.15, 0.2) is 35.2 Å². The maximum absolute atomic E-state index is 5.69. The Morgan fingerprint density at radius 2 is 2.27 bits per heavy atom. The molecule has 0 aromatic carbocycles. The van der Waals surface area contributed by atoms with Crippen molar-refractivity contribution in [3.05, 3.63) is 42.2 Å². The van der Waals surface area contributed by atoms with Crippen LogP contribution in [0, 0.1) is 12.8 Å². The van der Waals surface area contributed by atoms with Gasteiger partial charge in [-0.25, -0.2) is 4.98 Å². The van der Waals surface area contributed by atoms with Crippen LogP contribution in [0.4, 0.5) is 5.82 Å². The Bertz CT molecular complexity index is 779. The van der Waals surface area contributed by atoms with E-state index in [0.29, 0.717) is 11.7 Å². The quantitative estimate of drug-likeness (QED) is 0.727. The zero-order valence-electron chi connectivity index (χ0n) is 12.8. The third kappa shape index (κ3) is 2.15. The molecule has 6 nitrogen and oxygen atoms in total. The molecule has 1 saturated heterocycles. The van der Waals surface area contributed by atoms with Crippen molar-refractivity contribution >= 4 is 11.6 Å². The van der Waals surface area contributed by atoms with Gasteiger partial charge in [0.05, 0.1) is 12.3 Å². The summed E-state index contributed by atoms with van der Waals surface area (Å²) < 4.78 is 7.51. The van der Waals surface area contributed by atoms with Crippen LogP contribution < -0.4 is 4.90 Å². The maximum atomic E-state index is 5.69. The molecule has 3 aromatic heterocycles. The van der Waals surface area contributed by atoms with E-state index in [2.05, 4.69) is 39.0 Å². The van der Waals surface area contributed by atoms with E-state index in [1.165, 1.54) is 0 Å². The average Bonchev–Trinajstić information content (AvgIpc) is 3.17. The summed E-state index contributed by atoms with van der Waals surface area (Å²) in [4.78, 5) is 11.0. The van der Waals surface area contributed by atoms with Gasteiger partial charge in [-0.3, -0.25) is 0 Å². The predicted molar refractivity (Wildman–Crippen MR) is 82.7 cm³/mol. The number of hydrogen-bond donors (Lipinski definition) is 0. The van der Waals surface area contributed by atoms with Crippen LogP contribution in [-0.4, -0.2) is 26.1 Å². The van der Waals surface area contributed by atoms with Crippen molar-refractivity contribution in [3.63, 3.8) is 0 Å². The largest absolute Gasteiger partial charge is 0.467 e. The molecule has 22 heavy (non-hydrogen) atoms. The molecule has 0 radical (unpaired) electrons. The molecular formula is C16H19N5O. The van der Waals surface area contributed by atoms with E-state index >= 15 is 0 Å². The van der Waals surface area contributed by atoms with E-state index < -0.39 is 0 Å². The zero-order valence-corrected chi connectivity index (χ0v) is 12.8. The van der Waals surface area contributed by atoms with Crippen LogP contribution in [0.5, 0.6) is 0 Å². The highest BCUT2D eigenvalue weighted by Crippen LogP contribution is 2.37. The molecule has 0 spiro atoms. The van der Waals surface area contributed by atoms with Gasteiger partial charge < -0.3 is 9.32 Å². The van der Waals surface area contributed by atoms with Gasteiger partial charge in [-0.2, -0.15) is 14.6 Å². The van der Waals surface area contributed by atoms with Crippen LogP contribution in [0.1, 0.15) is 37.3 Å². The molecule has 2 unspecified atom stereocenters. The molecule has 4 rings (SSSR count). The first kappa shape index (κ1) is 13.3. The Hall–Kier alpha value is -2.37. The van der Waals surface area contributed by atoms with Crippen molar-refractivity contribution in [2.75, 3.05) is 11.4 Å². The van der Waals surface area contributed by atoms with Gasteiger partial charge in [0.15, 0.2) is 0 Å². The molecule has 1 aliphatic heterocycles. The van der Waals surface area contributed by atoms with Gasteiger partial charge in [-0.15, -0.1) is 0 Å². The third-order valence-corrected chi connectivity index (χ3v) is 4.39. The molecule has 0 bridgehead atoms. The van der Waals surface area contributed by atoms with Gasteiger partial charge >= 0.3 is 0 Å². The Kier molecular flexibility index (Phi) is 3.10. The van der Waals surface area contributed by atoms with Crippen molar-refractivity contribution in [2.45, 2.75) is 32.7 Å². The Balaban J connectivity index is 1.82. The number of anilines is 1. The lowest BCUT2D eigenvalue weighted by Gasteiger charge is -2.38. The van der Waals surface area contributed by atoms with Crippen molar-refractivity contribution < 1.29 is 4.42 Å². The third-order valence-electron chi connectivity index (χ3n) is 4.39. The van der Waals surface area contributed by atoms with E-state index in [1.807, 2.05) is 17.5 Å². The lowest BCUT2D eigenvalue weighted by molar-refractivity contribution is 0.326. The van der Waals surface area contributed by atoms with Crippen molar-refractivity contribution in [3.8, 4) is 0 Å². The number of aryl methyl sites for hydroxylation is 1. The summed E-state index contributed by atoms with van der Waals surface area (Å²) in [5.41, 5.74) is 0.951. The highest BCUT2D eigenvalue weighted by Gasteiger charge is 2.31. The predicted octanol–water partition coefficient (Wildman–Crippen LogP) is 3.00. The topological polar surface area (TPSA) is 59.5 Å². The van der Waals surface area contributed by atoms with Gasteiger partial charge in [0, 0.05) is 18.3 Å². The minimum absolute atomic E-state index is 0.230. The summed E-state index contributed by atoms with van der Waals surface area (Å²) in [6, 6.07) is 6.32. The fraction of sp³-hybridized carbons (Fsp3) is 0.438. The van der Waals surface area contributed by atoms with Crippen LogP contribution in [0.25, 0.3) is 5.78 Å². The van der Waals surface area contributed by atoms with Gasteiger partial charge in [0.2, 0.25) is 0 Å². The van der Waals surface area contributed by atoms with Gasteiger partial charge in [-0.05, 0) is 37.8 Å². The number of rotatable bonds is 2. The molecule has 1 aliphatic rings. The zero-order chi connectivity index (χ0) is 15.1. The monoisotopic (exact) mass is 297 g/mol. The molecule has 0 amide bonds. The summed E-state index contributed by atoms with van der Waals surface area (Å²) in [7, 11) is 0. The minimum atomic E-state index is 0.230. The Morgan fingerprint density at radius 3 is 3.09 bits per heavy atom. The number of nitrogens with zero attached hydrogens (tertiary/aromatic N) is 5. The molecular weight excluding hydrogens is 278 g/mol. The smallest absolute Gasteiger partial charge is 0.254 e. The molecule has 114 valence electrons. The number of piperidine rings is 1. The first-order valence-corrected chi connectivity index (χ1v) is 7.70. The van der Waals surface area contributed by atoms with Crippen molar-refractivity contribution in [2.24, 2.45) is 5.92 Å². The second-order valence-electron chi connectivity index (χ2n) is 6.08. The summed E-state index contributed by atoms with van der Waals surface area (Å²) in [6.45, 7) is 5.27. The first-order chi connectivity index (χ1) is 10.7. The molecule has 0 N–H and O–H groups in total. The second kappa shape index (κ2) is 5.12. The van der Waals surface area contributed by atoms with Crippen LogP contribution >= 0.6 is 0 Å². The van der Waals surface area contributed by atoms with E-state index in [-0.39, 0.29) is 6.04 Å². The molecule has 0 aliphatic carbocycles.